The van der Waals surface area contributed by atoms with E-state index in [4.69, 9.17) is 9.84 Å². The molecular formula is C12H16N2O4. The Morgan fingerprint density at radius 2 is 2.33 bits per heavy atom. The van der Waals surface area contributed by atoms with Crippen LogP contribution in [0.4, 0.5) is 0 Å². The molecule has 98 valence electrons. The second-order valence-electron chi connectivity index (χ2n) is 4.37. The van der Waals surface area contributed by atoms with Crippen molar-refractivity contribution in [2.75, 3.05) is 6.61 Å². The second-order valence-corrected chi connectivity index (χ2v) is 4.37. The van der Waals surface area contributed by atoms with Crippen molar-refractivity contribution >= 4 is 11.9 Å². The van der Waals surface area contributed by atoms with Crippen molar-refractivity contribution < 1.29 is 19.4 Å². The van der Waals surface area contributed by atoms with Crippen LogP contribution in [0.15, 0.2) is 0 Å². The quantitative estimate of drug-likeness (QED) is 0.792. The molecule has 2 N–H and O–H groups in total. The Bertz CT molecular complexity index is 467. The number of aryl methyl sites for hydroxylation is 1. The van der Waals surface area contributed by atoms with Crippen molar-refractivity contribution in [1.29, 1.82) is 0 Å². The number of aromatic nitrogens is 2. The standard InChI is InChI=1S/C12H16N2O4/c1-2-18-12(17)11-10-7(6-9(15)16)4-3-5-8(10)13-14-11/h7H,2-6H2,1H3,(H,13,14)(H,15,16). The minimum Gasteiger partial charge on any atom is -0.481 e. The number of aromatic amines is 1. The van der Waals surface area contributed by atoms with Crippen LogP contribution in [0.1, 0.15) is 53.8 Å². The second kappa shape index (κ2) is 5.20. The lowest BCUT2D eigenvalue weighted by Gasteiger charge is -2.21. The molecule has 1 aromatic heterocycles. The molecular weight excluding hydrogens is 236 g/mol. The van der Waals surface area contributed by atoms with Gasteiger partial charge in [-0.2, -0.15) is 5.10 Å². The molecule has 6 heteroatoms. The highest BCUT2D eigenvalue weighted by molar-refractivity contribution is 5.89. The van der Waals surface area contributed by atoms with Crippen molar-refractivity contribution in [3.63, 3.8) is 0 Å². The van der Waals surface area contributed by atoms with Gasteiger partial charge in [0.05, 0.1) is 13.0 Å². The molecule has 1 heterocycles. The summed E-state index contributed by atoms with van der Waals surface area (Å²) in [5.41, 5.74) is 1.86. The summed E-state index contributed by atoms with van der Waals surface area (Å²) in [6.07, 6.45) is 2.51. The maximum absolute atomic E-state index is 11.8. The van der Waals surface area contributed by atoms with Crippen molar-refractivity contribution in [3.05, 3.63) is 17.0 Å². The summed E-state index contributed by atoms with van der Waals surface area (Å²) in [5, 5.41) is 15.7. The molecule has 0 amide bonds. The summed E-state index contributed by atoms with van der Waals surface area (Å²) in [6.45, 7) is 2.01. The number of aliphatic carboxylic acids is 1. The van der Waals surface area contributed by atoms with E-state index in [0.717, 1.165) is 30.5 Å². The van der Waals surface area contributed by atoms with E-state index < -0.39 is 11.9 Å². The number of fused-ring (bicyclic) bond motifs is 1. The number of carboxylic acids is 1. The fourth-order valence-electron chi connectivity index (χ4n) is 2.46. The fraction of sp³-hybridized carbons (Fsp3) is 0.583. The zero-order chi connectivity index (χ0) is 13.1. The van der Waals surface area contributed by atoms with Gasteiger partial charge in [-0.3, -0.25) is 9.89 Å². The lowest BCUT2D eigenvalue weighted by molar-refractivity contribution is -0.137. The summed E-state index contributed by atoms with van der Waals surface area (Å²) in [4.78, 5) is 22.6. The molecule has 1 unspecified atom stereocenters. The molecule has 0 saturated carbocycles. The zero-order valence-electron chi connectivity index (χ0n) is 10.2. The van der Waals surface area contributed by atoms with Gasteiger partial charge < -0.3 is 9.84 Å². The van der Waals surface area contributed by atoms with Crippen LogP contribution in [0, 0.1) is 0 Å². The van der Waals surface area contributed by atoms with Gasteiger partial charge in [-0.25, -0.2) is 4.79 Å². The predicted molar refractivity (Wildman–Crippen MR) is 62.5 cm³/mol. The first kappa shape index (κ1) is 12.6. The van der Waals surface area contributed by atoms with Gasteiger partial charge in [0.25, 0.3) is 0 Å². The Kier molecular flexibility index (Phi) is 3.64. The summed E-state index contributed by atoms with van der Waals surface area (Å²) in [7, 11) is 0. The van der Waals surface area contributed by atoms with Crippen molar-refractivity contribution in [1.82, 2.24) is 10.2 Å². The van der Waals surface area contributed by atoms with Crippen LogP contribution in [0.25, 0.3) is 0 Å². The maximum atomic E-state index is 11.8. The number of hydrogen-bond donors (Lipinski definition) is 2. The lowest BCUT2D eigenvalue weighted by Crippen LogP contribution is -2.17. The van der Waals surface area contributed by atoms with Crippen LogP contribution in [0.2, 0.25) is 0 Å². The monoisotopic (exact) mass is 252 g/mol. The van der Waals surface area contributed by atoms with E-state index in [2.05, 4.69) is 10.2 Å². The molecule has 2 rings (SSSR count). The van der Waals surface area contributed by atoms with E-state index >= 15 is 0 Å². The molecule has 0 spiro atoms. The number of H-pyrrole nitrogens is 1. The molecule has 1 aliphatic carbocycles. The number of hydrogen-bond acceptors (Lipinski definition) is 4. The van der Waals surface area contributed by atoms with E-state index in [1.54, 1.807) is 6.92 Å². The van der Waals surface area contributed by atoms with E-state index in [9.17, 15) is 9.59 Å². The number of rotatable bonds is 4. The van der Waals surface area contributed by atoms with Crippen molar-refractivity contribution in [2.45, 2.75) is 38.5 Å². The van der Waals surface area contributed by atoms with Gasteiger partial charge in [-0.1, -0.05) is 0 Å². The molecule has 0 fully saturated rings. The first-order valence-electron chi connectivity index (χ1n) is 6.09. The van der Waals surface area contributed by atoms with Crippen LogP contribution in [-0.4, -0.2) is 33.8 Å². The Hall–Kier alpha value is -1.85. The normalized spacial score (nSPS) is 18.2. The molecule has 1 atom stereocenters. The van der Waals surface area contributed by atoms with Crippen molar-refractivity contribution in [3.8, 4) is 0 Å². The third-order valence-corrected chi connectivity index (χ3v) is 3.16. The van der Waals surface area contributed by atoms with E-state index in [1.807, 2.05) is 0 Å². The molecule has 1 aromatic rings. The minimum atomic E-state index is -0.858. The van der Waals surface area contributed by atoms with E-state index in [-0.39, 0.29) is 24.6 Å². The summed E-state index contributed by atoms with van der Waals surface area (Å²) in [6, 6.07) is 0. The van der Waals surface area contributed by atoms with Crippen molar-refractivity contribution in [2.24, 2.45) is 0 Å². The number of carboxylic acid groups (broad SMARTS) is 1. The van der Waals surface area contributed by atoms with Crippen LogP contribution < -0.4 is 0 Å². The molecule has 6 nitrogen and oxygen atoms in total. The highest BCUT2D eigenvalue weighted by atomic mass is 16.5. The topological polar surface area (TPSA) is 92.3 Å². The smallest absolute Gasteiger partial charge is 0.359 e. The average molecular weight is 252 g/mol. The molecule has 0 aliphatic heterocycles. The van der Waals surface area contributed by atoms with Crippen LogP contribution in [0.5, 0.6) is 0 Å². The number of nitrogens with zero attached hydrogens (tertiary/aromatic N) is 1. The number of carbonyl (C=O) groups excluding carboxylic acids is 1. The number of nitrogens with one attached hydrogen (secondary N) is 1. The largest absolute Gasteiger partial charge is 0.481 e. The molecule has 0 bridgehead atoms. The highest BCUT2D eigenvalue weighted by Gasteiger charge is 2.30. The Morgan fingerprint density at radius 1 is 1.56 bits per heavy atom. The first-order chi connectivity index (χ1) is 8.63. The summed E-state index contributed by atoms with van der Waals surface area (Å²) in [5.74, 6) is -1.49. The van der Waals surface area contributed by atoms with Crippen LogP contribution in [-0.2, 0) is 16.0 Å². The number of carbonyl (C=O) groups is 2. The van der Waals surface area contributed by atoms with Gasteiger partial charge in [0.15, 0.2) is 5.69 Å². The molecule has 18 heavy (non-hydrogen) atoms. The lowest BCUT2D eigenvalue weighted by atomic mass is 9.83. The Balaban J connectivity index is 2.31. The average Bonchev–Trinajstić information content (AvgIpc) is 2.73. The van der Waals surface area contributed by atoms with Gasteiger partial charge in [0, 0.05) is 11.3 Å². The number of esters is 1. The van der Waals surface area contributed by atoms with Crippen LogP contribution in [0.3, 0.4) is 0 Å². The maximum Gasteiger partial charge on any atom is 0.359 e. The SMILES string of the molecule is CCOC(=O)c1n[nH]c2c1C(CC(=O)O)CCC2. The van der Waals surface area contributed by atoms with E-state index in [1.165, 1.54) is 0 Å². The van der Waals surface area contributed by atoms with Gasteiger partial charge in [-0.15, -0.1) is 0 Å². The molecule has 1 aliphatic rings. The predicted octanol–water partition coefficient (Wildman–Crippen LogP) is 1.48. The van der Waals surface area contributed by atoms with Gasteiger partial charge >= 0.3 is 11.9 Å². The van der Waals surface area contributed by atoms with Gasteiger partial charge in [0.2, 0.25) is 0 Å². The van der Waals surface area contributed by atoms with Crippen LogP contribution >= 0.6 is 0 Å². The first-order valence-corrected chi connectivity index (χ1v) is 6.09. The molecule has 0 aromatic carbocycles. The third-order valence-electron chi connectivity index (χ3n) is 3.16. The Morgan fingerprint density at radius 3 is 3.00 bits per heavy atom. The van der Waals surface area contributed by atoms with E-state index in [0.29, 0.717) is 0 Å². The highest BCUT2D eigenvalue weighted by Crippen LogP contribution is 2.35. The minimum absolute atomic E-state index is 0.0267. The molecule has 0 radical (unpaired) electrons. The fourth-order valence-corrected chi connectivity index (χ4v) is 2.46. The molecule has 0 saturated heterocycles. The zero-order valence-corrected chi connectivity index (χ0v) is 10.2. The summed E-state index contributed by atoms with van der Waals surface area (Å²) < 4.78 is 4.94. The van der Waals surface area contributed by atoms with Gasteiger partial charge in [-0.05, 0) is 32.1 Å². The third kappa shape index (κ3) is 2.37. The Labute approximate surface area is 104 Å². The van der Waals surface area contributed by atoms with Gasteiger partial charge in [0.1, 0.15) is 0 Å². The summed E-state index contributed by atoms with van der Waals surface area (Å²) >= 11 is 0. The number of ether oxygens (including phenoxy) is 1.